The summed E-state index contributed by atoms with van der Waals surface area (Å²) in [4.78, 5) is 25.2. The number of carbonyl (C=O) groups excluding carboxylic acids is 1. The van der Waals surface area contributed by atoms with Crippen LogP contribution >= 0.6 is 11.6 Å². The highest BCUT2D eigenvalue weighted by molar-refractivity contribution is 6.28. The van der Waals surface area contributed by atoms with E-state index in [0.29, 0.717) is 25.6 Å². The summed E-state index contributed by atoms with van der Waals surface area (Å²) in [6.45, 7) is 3.45. The number of aromatic nitrogens is 3. The van der Waals surface area contributed by atoms with E-state index in [9.17, 15) is 4.79 Å². The monoisotopic (exact) mass is 315 g/mol. The number of methoxy groups -OCH3 is 1. The number of carbonyl (C=O) groups is 1. The van der Waals surface area contributed by atoms with Gasteiger partial charge in [0.05, 0.1) is 13.7 Å². The van der Waals surface area contributed by atoms with Crippen LogP contribution in [0.2, 0.25) is 5.28 Å². The molecule has 116 valence electrons. The first kappa shape index (κ1) is 15.6. The van der Waals surface area contributed by atoms with Gasteiger partial charge in [-0.2, -0.15) is 15.0 Å². The molecule has 0 unspecified atom stereocenters. The Bertz CT molecular complexity index is 494. The highest BCUT2D eigenvalue weighted by Gasteiger charge is 2.24. The predicted octanol–water partition coefficient (Wildman–Crippen LogP) is 1.57. The third-order valence-corrected chi connectivity index (χ3v) is 3.29. The second-order valence-electron chi connectivity index (χ2n) is 4.52. The van der Waals surface area contributed by atoms with Crippen LogP contribution in [0.5, 0.6) is 6.01 Å². The lowest BCUT2D eigenvalue weighted by molar-refractivity contribution is 0.0983. The molecule has 1 aliphatic heterocycles. The van der Waals surface area contributed by atoms with Gasteiger partial charge in [0.1, 0.15) is 0 Å². The lowest BCUT2D eigenvalue weighted by Crippen LogP contribution is -2.42. The van der Waals surface area contributed by atoms with Crippen molar-refractivity contribution in [3.8, 4) is 6.01 Å². The number of anilines is 1. The number of nitrogens with zero attached hydrogens (tertiary/aromatic N) is 4. The van der Waals surface area contributed by atoms with Crippen molar-refractivity contribution in [3.63, 3.8) is 0 Å². The van der Waals surface area contributed by atoms with Gasteiger partial charge < -0.3 is 19.7 Å². The number of ether oxygens (including phenoxy) is 2. The fourth-order valence-corrected chi connectivity index (χ4v) is 2.24. The first-order valence-corrected chi connectivity index (χ1v) is 7.14. The van der Waals surface area contributed by atoms with Gasteiger partial charge in [0, 0.05) is 19.1 Å². The fraction of sp³-hybridized carbons (Fsp3) is 0.667. The number of hydrogen-bond donors (Lipinski definition) is 1. The van der Waals surface area contributed by atoms with E-state index in [-0.39, 0.29) is 23.4 Å². The summed E-state index contributed by atoms with van der Waals surface area (Å²) in [7, 11) is 1.47. The molecule has 0 aliphatic carbocycles. The topological polar surface area (TPSA) is 89.5 Å². The number of halogens is 1. The molecule has 21 heavy (non-hydrogen) atoms. The van der Waals surface area contributed by atoms with Crippen molar-refractivity contribution >= 4 is 23.6 Å². The molecule has 0 spiro atoms. The molecule has 1 aromatic rings. The summed E-state index contributed by atoms with van der Waals surface area (Å²) in [5.41, 5.74) is 0. The molecule has 8 nitrogen and oxygen atoms in total. The van der Waals surface area contributed by atoms with E-state index in [1.54, 1.807) is 11.8 Å². The Kier molecular flexibility index (Phi) is 5.38. The number of amides is 1. The fourth-order valence-electron chi connectivity index (χ4n) is 2.09. The normalized spacial score (nSPS) is 15.7. The number of rotatable bonds is 4. The van der Waals surface area contributed by atoms with Crippen molar-refractivity contribution in [2.75, 3.05) is 32.1 Å². The molecule has 0 radical (unpaired) electrons. The van der Waals surface area contributed by atoms with Crippen molar-refractivity contribution in [2.45, 2.75) is 25.8 Å². The third kappa shape index (κ3) is 4.32. The van der Waals surface area contributed by atoms with E-state index >= 15 is 0 Å². The van der Waals surface area contributed by atoms with E-state index < -0.39 is 0 Å². The third-order valence-electron chi connectivity index (χ3n) is 3.12. The maximum absolute atomic E-state index is 11.6. The molecule has 1 N–H and O–H groups in total. The van der Waals surface area contributed by atoms with Crippen molar-refractivity contribution < 1.29 is 14.3 Å². The van der Waals surface area contributed by atoms with Crippen LogP contribution in [0.3, 0.4) is 0 Å². The zero-order chi connectivity index (χ0) is 15.2. The van der Waals surface area contributed by atoms with Crippen molar-refractivity contribution in [2.24, 2.45) is 0 Å². The van der Waals surface area contributed by atoms with E-state index in [1.807, 2.05) is 0 Å². The largest absolute Gasteiger partial charge is 0.467 e. The summed E-state index contributed by atoms with van der Waals surface area (Å²) < 4.78 is 9.92. The standard InChI is InChI=1S/C12H18ClN5O3/c1-3-21-12(19)18-6-4-8(5-7-18)14-10-15-9(13)16-11(17-10)20-2/h8H,3-7H2,1-2H3,(H,14,15,16,17). The minimum atomic E-state index is -0.263. The van der Waals surface area contributed by atoms with Crippen molar-refractivity contribution in [3.05, 3.63) is 5.28 Å². The van der Waals surface area contributed by atoms with Gasteiger partial charge in [0.15, 0.2) is 0 Å². The molecule has 1 aromatic heterocycles. The molecule has 1 saturated heterocycles. The van der Waals surface area contributed by atoms with Crippen LogP contribution in [0.25, 0.3) is 0 Å². The van der Waals surface area contributed by atoms with Crippen LogP contribution in [0.4, 0.5) is 10.7 Å². The first-order valence-electron chi connectivity index (χ1n) is 6.76. The molecule has 0 saturated carbocycles. The lowest BCUT2D eigenvalue weighted by atomic mass is 10.1. The van der Waals surface area contributed by atoms with Crippen LogP contribution in [0.15, 0.2) is 0 Å². The number of hydrogen-bond acceptors (Lipinski definition) is 7. The minimum absolute atomic E-state index is 0.0771. The molecule has 1 aliphatic rings. The number of likely N-dealkylation sites (tertiary alicyclic amines) is 1. The quantitative estimate of drug-likeness (QED) is 0.901. The summed E-state index contributed by atoms with van der Waals surface area (Å²) in [6.07, 6.45) is 1.30. The Morgan fingerprint density at radius 3 is 2.71 bits per heavy atom. The Hall–Kier alpha value is -1.83. The van der Waals surface area contributed by atoms with Gasteiger partial charge >= 0.3 is 12.1 Å². The molecule has 0 bridgehead atoms. The maximum atomic E-state index is 11.6. The van der Waals surface area contributed by atoms with E-state index in [0.717, 1.165) is 12.8 Å². The van der Waals surface area contributed by atoms with Gasteiger partial charge in [0.25, 0.3) is 0 Å². The molecular weight excluding hydrogens is 298 g/mol. The summed E-state index contributed by atoms with van der Waals surface area (Å²) >= 11 is 5.79. The Morgan fingerprint density at radius 1 is 1.38 bits per heavy atom. The second kappa shape index (κ2) is 7.26. The van der Waals surface area contributed by atoms with Crippen LogP contribution in [-0.2, 0) is 4.74 Å². The van der Waals surface area contributed by atoms with Gasteiger partial charge in [-0.3, -0.25) is 0 Å². The Morgan fingerprint density at radius 2 is 2.10 bits per heavy atom. The number of piperidine rings is 1. The molecule has 0 aromatic carbocycles. The average Bonchev–Trinajstić information content (AvgIpc) is 2.47. The molecular formula is C12H18ClN5O3. The molecule has 2 rings (SSSR count). The highest BCUT2D eigenvalue weighted by Crippen LogP contribution is 2.17. The van der Waals surface area contributed by atoms with Gasteiger partial charge in [-0.25, -0.2) is 4.79 Å². The maximum Gasteiger partial charge on any atom is 0.409 e. The first-order chi connectivity index (χ1) is 10.1. The second-order valence-corrected chi connectivity index (χ2v) is 4.86. The van der Waals surface area contributed by atoms with Gasteiger partial charge in [-0.15, -0.1) is 0 Å². The SMILES string of the molecule is CCOC(=O)N1CCC(Nc2nc(Cl)nc(OC)n2)CC1. The summed E-state index contributed by atoms with van der Waals surface area (Å²) in [6, 6.07) is 0.334. The van der Waals surface area contributed by atoms with Crippen molar-refractivity contribution in [1.29, 1.82) is 0 Å². The van der Waals surface area contributed by atoms with Crippen LogP contribution in [0, 0.1) is 0 Å². The summed E-state index contributed by atoms with van der Waals surface area (Å²) in [5.74, 6) is 0.376. The molecule has 2 heterocycles. The van der Waals surface area contributed by atoms with Crippen molar-refractivity contribution in [1.82, 2.24) is 19.9 Å². The zero-order valence-electron chi connectivity index (χ0n) is 12.0. The average molecular weight is 316 g/mol. The van der Waals surface area contributed by atoms with Crippen LogP contribution < -0.4 is 10.1 Å². The van der Waals surface area contributed by atoms with Gasteiger partial charge in [-0.05, 0) is 31.4 Å². The van der Waals surface area contributed by atoms with Gasteiger partial charge in [-0.1, -0.05) is 0 Å². The Labute approximate surface area is 127 Å². The van der Waals surface area contributed by atoms with E-state index in [1.165, 1.54) is 7.11 Å². The molecule has 1 fully saturated rings. The molecule has 0 atom stereocenters. The predicted molar refractivity (Wildman–Crippen MR) is 76.6 cm³/mol. The van der Waals surface area contributed by atoms with Gasteiger partial charge in [0.2, 0.25) is 11.2 Å². The molecule has 9 heteroatoms. The molecule has 1 amide bonds. The van der Waals surface area contributed by atoms with Crippen LogP contribution in [0.1, 0.15) is 19.8 Å². The lowest BCUT2D eigenvalue weighted by Gasteiger charge is -2.31. The highest BCUT2D eigenvalue weighted by atomic mass is 35.5. The Balaban J connectivity index is 1.89. The minimum Gasteiger partial charge on any atom is -0.467 e. The number of nitrogens with one attached hydrogen (secondary N) is 1. The summed E-state index contributed by atoms with van der Waals surface area (Å²) in [5, 5.41) is 3.26. The zero-order valence-corrected chi connectivity index (χ0v) is 12.8. The smallest absolute Gasteiger partial charge is 0.409 e. The van der Waals surface area contributed by atoms with E-state index in [4.69, 9.17) is 21.1 Å². The van der Waals surface area contributed by atoms with Crippen LogP contribution in [-0.4, -0.2) is 58.8 Å². The van der Waals surface area contributed by atoms with E-state index in [2.05, 4.69) is 20.3 Å².